The summed E-state index contributed by atoms with van der Waals surface area (Å²) in [6.07, 6.45) is 6.96. The highest BCUT2D eigenvalue weighted by Crippen LogP contribution is 2.41. The lowest BCUT2D eigenvalue weighted by molar-refractivity contribution is -0.140. The molecule has 49 heavy (non-hydrogen) atoms. The Morgan fingerprint density at radius 2 is 1.88 bits per heavy atom. The largest absolute Gasteiger partial charge is 0.469 e. The lowest BCUT2D eigenvalue weighted by Gasteiger charge is -2.32. The van der Waals surface area contributed by atoms with E-state index in [0.717, 1.165) is 47.2 Å². The minimum absolute atomic E-state index is 0.00198. The van der Waals surface area contributed by atoms with E-state index in [1.807, 2.05) is 18.2 Å². The lowest BCUT2D eigenvalue weighted by atomic mass is 9.74. The minimum atomic E-state index is -0.562. The lowest BCUT2D eigenvalue weighted by Crippen LogP contribution is -2.26. The van der Waals surface area contributed by atoms with Gasteiger partial charge in [-0.1, -0.05) is 44.5 Å². The van der Waals surface area contributed by atoms with Gasteiger partial charge in [0.1, 0.15) is 17.4 Å². The van der Waals surface area contributed by atoms with Crippen LogP contribution < -0.4 is 4.74 Å². The standard InChI is InChI=1S/C38H42BrF2N3O4S/c1-37(2,23-49-18-17-45)14-6-15-38(3,25-8-5-7-24(19-25)9-12-33(46)47-4)32-22-43-36(44-32)28-20-26(10-11-29(28)40)48-35-30(41)21-31-27(34(35)39)13-16-42-31/h5,7-8,10-11,13,16,19-22,42,45H,6,9,12,14-15,17-18,23H2,1-4H3,(H,43,44). The number of benzene rings is 3. The van der Waals surface area contributed by atoms with Crippen molar-refractivity contribution in [2.75, 3.05) is 25.2 Å². The Hall–Kier alpha value is -3.67. The molecule has 0 bridgehead atoms. The maximum Gasteiger partial charge on any atom is 0.305 e. The average Bonchev–Trinajstić information content (AvgIpc) is 3.77. The summed E-state index contributed by atoms with van der Waals surface area (Å²) in [6, 6.07) is 15.6. The van der Waals surface area contributed by atoms with Gasteiger partial charge in [0.15, 0.2) is 11.6 Å². The van der Waals surface area contributed by atoms with Crippen LogP contribution in [0.25, 0.3) is 22.3 Å². The number of hydrogen-bond acceptors (Lipinski definition) is 6. The van der Waals surface area contributed by atoms with Crippen molar-refractivity contribution in [1.29, 1.82) is 0 Å². The first-order chi connectivity index (χ1) is 23.4. The molecule has 0 saturated heterocycles. The van der Waals surface area contributed by atoms with Crippen LogP contribution >= 0.6 is 27.7 Å². The number of halogens is 3. The summed E-state index contributed by atoms with van der Waals surface area (Å²) in [6.45, 7) is 6.81. The summed E-state index contributed by atoms with van der Waals surface area (Å²) in [5.41, 5.74) is 3.26. The van der Waals surface area contributed by atoms with E-state index in [2.05, 4.69) is 63.8 Å². The van der Waals surface area contributed by atoms with Gasteiger partial charge in [-0.3, -0.25) is 4.79 Å². The predicted molar refractivity (Wildman–Crippen MR) is 195 cm³/mol. The molecule has 1 unspecified atom stereocenters. The van der Waals surface area contributed by atoms with Crippen molar-refractivity contribution in [1.82, 2.24) is 15.0 Å². The van der Waals surface area contributed by atoms with E-state index in [1.165, 1.54) is 31.4 Å². The van der Waals surface area contributed by atoms with Crippen LogP contribution in [-0.4, -0.2) is 51.3 Å². The number of aryl methyl sites for hydroxylation is 1. The third kappa shape index (κ3) is 8.74. The van der Waals surface area contributed by atoms with Crippen molar-refractivity contribution < 1.29 is 28.2 Å². The Balaban J connectivity index is 1.45. The molecule has 5 aromatic rings. The number of nitrogens with zero attached hydrogens (tertiary/aromatic N) is 1. The Morgan fingerprint density at radius 1 is 1.06 bits per heavy atom. The molecular weight excluding hydrogens is 712 g/mol. The summed E-state index contributed by atoms with van der Waals surface area (Å²) < 4.78 is 41.7. The van der Waals surface area contributed by atoms with E-state index in [4.69, 9.17) is 9.47 Å². The zero-order valence-corrected chi connectivity index (χ0v) is 30.6. The molecule has 3 aromatic carbocycles. The number of aliphatic hydroxyl groups excluding tert-OH is 1. The summed E-state index contributed by atoms with van der Waals surface area (Å²) in [4.78, 5) is 22.9. The number of hydrogen-bond donors (Lipinski definition) is 3. The normalized spacial score (nSPS) is 13.1. The number of thioether (sulfide) groups is 1. The minimum Gasteiger partial charge on any atom is -0.469 e. The van der Waals surface area contributed by atoms with Crippen LogP contribution in [0.15, 0.2) is 71.5 Å². The fraction of sp³-hybridized carbons (Fsp3) is 0.368. The molecule has 7 nitrogen and oxygen atoms in total. The van der Waals surface area contributed by atoms with Crippen LogP contribution in [0.5, 0.6) is 11.5 Å². The zero-order chi connectivity index (χ0) is 35.2. The van der Waals surface area contributed by atoms with Gasteiger partial charge in [0.25, 0.3) is 0 Å². The monoisotopic (exact) mass is 753 g/mol. The smallest absolute Gasteiger partial charge is 0.305 e. The zero-order valence-electron chi connectivity index (χ0n) is 28.2. The molecular formula is C38H42BrF2N3O4S. The highest BCUT2D eigenvalue weighted by atomic mass is 79.9. The van der Waals surface area contributed by atoms with Crippen molar-refractivity contribution in [2.24, 2.45) is 5.41 Å². The second-order valence-electron chi connectivity index (χ2n) is 13.2. The van der Waals surface area contributed by atoms with Gasteiger partial charge in [-0.2, -0.15) is 11.8 Å². The number of imidazole rings is 1. The number of aromatic nitrogens is 3. The first-order valence-electron chi connectivity index (χ1n) is 16.3. The van der Waals surface area contributed by atoms with Crippen molar-refractivity contribution in [3.05, 3.63) is 99.9 Å². The third-order valence-corrected chi connectivity index (χ3v) is 11.2. The molecule has 0 spiro atoms. The Morgan fingerprint density at radius 3 is 2.65 bits per heavy atom. The molecule has 260 valence electrons. The predicted octanol–water partition coefficient (Wildman–Crippen LogP) is 9.72. The van der Waals surface area contributed by atoms with Crippen molar-refractivity contribution in [3.8, 4) is 22.9 Å². The van der Waals surface area contributed by atoms with Crippen molar-refractivity contribution in [2.45, 2.75) is 58.3 Å². The van der Waals surface area contributed by atoms with Crippen LogP contribution in [-0.2, 0) is 21.4 Å². The van der Waals surface area contributed by atoms with E-state index < -0.39 is 17.0 Å². The molecule has 0 aliphatic carbocycles. The van der Waals surface area contributed by atoms with Crippen LogP contribution in [0.1, 0.15) is 63.3 Å². The Bertz CT molecular complexity index is 1910. The van der Waals surface area contributed by atoms with Gasteiger partial charge in [0, 0.05) is 52.6 Å². The SMILES string of the molecule is COC(=O)CCc1cccc(C(C)(CCCC(C)(C)CSCCO)c2cnc(-c3cc(Oc4c(F)cc5[nH]ccc5c4Br)ccc3F)[nH]2)c1. The molecule has 0 radical (unpaired) electrons. The third-order valence-electron chi connectivity index (χ3n) is 8.95. The number of ether oxygens (including phenoxy) is 2. The van der Waals surface area contributed by atoms with Gasteiger partial charge < -0.3 is 24.5 Å². The highest BCUT2D eigenvalue weighted by molar-refractivity contribution is 9.10. The van der Waals surface area contributed by atoms with Crippen molar-refractivity contribution >= 4 is 44.6 Å². The second kappa shape index (κ2) is 15.9. The number of nitrogens with one attached hydrogen (secondary N) is 2. The van der Waals surface area contributed by atoms with E-state index in [-0.39, 0.29) is 41.5 Å². The summed E-state index contributed by atoms with van der Waals surface area (Å²) >= 11 is 5.21. The number of carbonyl (C=O) groups excluding carboxylic acids is 1. The highest BCUT2D eigenvalue weighted by Gasteiger charge is 2.32. The maximum atomic E-state index is 15.4. The summed E-state index contributed by atoms with van der Waals surface area (Å²) in [7, 11) is 1.39. The second-order valence-corrected chi connectivity index (χ2v) is 15.1. The van der Waals surface area contributed by atoms with Crippen LogP contribution in [0.3, 0.4) is 0 Å². The summed E-state index contributed by atoms with van der Waals surface area (Å²) in [5.74, 6) is 0.920. The fourth-order valence-electron chi connectivity index (χ4n) is 6.07. The van der Waals surface area contributed by atoms with Crippen LogP contribution in [0.4, 0.5) is 8.78 Å². The molecule has 2 aromatic heterocycles. The van der Waals surface area contributed by atoms with Gasteiger partial charge in [0.2, 0.25) is 0 Å². The fourth-order valence-corrected chi connectivity index (χ4v) is 7.66. The Labute approximate surface area is 298 Å². The van der Waals surface area contributed by atoms with Gasteiger partial charge in [-0.15, -0.1) is 0 Å². The van der Waals surface area contributed by atoms with Crippen molar-refractivity contribution in [3.63, 3.8) is 0 Å². The molecule has 0 amide bonds. The summed E-state index contributed by atoms with van der Waals surface area (Å²) in [5, 5.41) is 9.99. The molecule has 0 aliphatic rings. The molecule has 0 fully saturated rings. The van der Waals surface area contributed by atoms with Gasteiger partial charge in [-0.05, 0) is 88.7 Å². The molecule has 0 aliphatic heterocycles. The number of rotatable bonds is 16. The van der Waals surface area contributed by atoms with E-state index in [0.29, 0.717) is 28.0 Å². The van der Waals surface area contributed by atoms with E-state index in [9.17, 15) is 9.90 Å². The van der Waals surface area contributed by atoms with Gasteiger partial charge in [-0.25, -0.2) is 13.8 Å². The van der Waals surface area contributed by atoms with Crippen LogP contribution in [0.2, 0.25) is 0 Å². The maximum absolute atomic E-state index is 15.4. The van der Waals surface area contributed by atoms with Gasteiger partial charge in [0.05, 0.1) is 23.8 Å². The molecule has 3 N–H and O–H groups in total. The first-order valence-corrected chi connectivity index (χ1v) is 18.2. The average molecular weight is 755 g/mol. The number of esters is 1. The topological polar surface area (TPSA) is 100 Å². The number of carbonyl (C=O) groups is 1. The number of aromatic amines is 2. The van der Waals surface area contributed by atoms with Gasteiger partial charge >= 0.3 is 5.97 Å². The molecule has 2 heterocycles. The molecule has 0 saturated carbocycles. The number of fused-ring (bicyclic) bond motifs is 1. The molecule has 1 atom stereocenters. The molecule has 11 heteroatoms. The first kappa shape index (κ1) is 36.6. The van der Waals surface area contributed by atoms with Crippen LogP contribution in [0, 0.1) is 17.0 Å². The number of H-pyrrole nitrogens is 2. The Kier molecular flexibility index (Phi) is 11.9. The van der Waals surface area contributed by atoms with E-state index in [1.54, 1.807) is 24.2 Å². The number of methoxy groups -OCH3 is 1. The van der Waals surface area contributed by atoms with E-state index >= 15 is 8.78 Å². The molecule has 5 rings (SSSR count). The quantitative estimate of drug-likeness (QED) is 0.0686. The number of aliphatic hydroxyl groups is 1.